The maximum atomic E-state index is 12.0. The number of pyridine rings is 1. The number of nitrogens with zero attached hydrogens (tertiary/aromatic N) is 5. The Morgan fingerprint density at radius 1 is 1.16 bits per heavy atom. The summed E-state index contributed by atoms with van der Waals surface area (Å²) in [6, 6.07) is 13.0. The van der Waals surface area contributed by atoms with Crippen LogP contribution in [0.25, 0.3) is 16.6 Å². The van der Waals surface area contributed by atoms with Gasteiger partial charge in [0.25, 0.3) is 0 Å². The summed E-state index contributed by atoms with van der Waals surface area (Å²) >= 11 is 6.53. The first-order valence-corrected chi connectivity index (χ1v) is 12.1. The molecule has 190 valence electrons. The van der Waals surface area contributed by atoms with Crippen LogP contribution >= 0.6 is 11.6 Å². The summed E-state index contributed by atoms with van der Waals surface area (Å²) in [6.45, 7) is 4.12. The van der Waals surface area contributed by atoms with E-state index in [-0.39, 0.29) is 12.3 Å². The van der Waals surface area contributed by atoms with Crippen LogP contribution in [-0.4, -0.2) is 47.3 Å². The summed E-state index contributed by atoms with van der Waals surface area (Å²) in [6.07, 6.45) is 6.93. The number of anilines is 2. The second kappa shape index (κ2) is 10.1. The van der Waals surface area contributed by atoms with Crippen LogP contribution in [0.1, 0.15) is 20.3 Å². The Labute approximate surface area is 217 Å². The fourth-order valence-electron chi connectivity index (χ4n) is 3.96. The number of benzene rings is 1. The second-order valence-electron chi connectivity index (χ2n) is 9.24. The number of rotatable bonds is 9. The SMILES string of the molecule is CC(C)(O)CC(=O)NCCn1ccc2ncnc(Nc3ccc(Oc4ccc5ccnn5c4)c(Cl)c3)c21. The molecule has 0 aliphatic carbocycles. The lowest BCUT2D eigenvalue weighted by molar-refractivity contribution is -0.124. The van der Waals surface area contributed by atoms with Crippen molar-refractivity contribution >= 4 is 45.6 Å². The minimum atomic E-state index is -1.05. The third-order valence-electron chi connectivity index (χ3n) is 5.61. The van der Waals surface area contributed by atoms with Crippen LogP contribution in [0, 0.1) is 0 Å². The van der Waals surface area contributed by atoms with E-state index in [0.29, 0.717) is 35.4 Å². The standard InChI is InChI=1S/C26H26ClN7O3/c1-26(2,36)14-23(35)28-10-12-33-11-8-21-24(33)25(30-16-29-21)32-17-3-6-22(20(27)13-17)37-19-5-4-18-7-9-31-34(18)15-19/h3-9,11,13,15-16,36H,10,12,14H2,1-2H3,(H,28,35)(H,29,30,32). The number of halogens is 1. The Balaban J connectivity index is 1.29. The van der Waals surface area contributed by atoms with Crippen molar-refractivity contribution in [3.63, 3.8) is 0 Å². The Morgan fingerprint density at radius 3 is 2.84 bits per heavy atom. The van der Waals surface area contributed by atoms with Gasteiger partial charge in [0.2, 0.25) is 5.91 Å². The van der Waals surface area contributed by atoms with Crippen LogP contribution in [0.3, 0.4) is 0 Å². The lowest BCUT2D eigenvalue weighted by Crippen LogP contribution is -2.33. The molecular weight excluding hydrogens is 494 g/mol. The number of amides is 1. The summed E-state index contributed by atoms with van der Waals surface area (Å²) in [7, 11) is 0. The van der Waals surface area contributed by atoms with Crippen molar-refractivity contribution in [1.82, 2.24) is 29.5 Å². The molecule has 0 atom stereocenters. The molecule has 0 radical (unpaired) electrons. The monoisotopic (exact) mass is 519 g/mol. The summed E-state index contributed by atoms with van der Waals surface area (Å²) in [5, 5.41) is 20.6. The Morgan fingerprint density at radius 2 is 2.03 bits per heavy atom. The van der Waals surface area contributed by atoms with Crippen molar-refractivity contribution in [2.24, 2.45) is 0 Å². The van der Waals surface area contributed by atoms with Crippen LogP contribution in [-0.2, 0) is 11.3 Å². The predicted octanol–water partition coefficient (Wildman–Crippen LogP) is 4.55. The molecule has 0 fully saturated rings. The van der Waals surface area contributed by atoms with Crippen molar-refractivity contribution in [1.29, 1.82) is 0 Å². The summed E-state index contributed by atoms with van der Waals surface area (Å²) < 4.78 is 9.66. The highest BCUT2D eigenvalue weighted by molar-refractivity contribution is 6.32. The van der Waals surface area contributed by atoms with Gasteiger partial charge in [-0.15, -0.1) is 0 Å². The second-order valence-corrected chi connectivity index (χ2v) is 9.65. The molecule has 3 N–H and O–H groups in total. The van der Waals surface area contributed by atoms with Crippen LogP contribution in [0.2, 0.25) is 5.02 Å². The minimum Gasteiger partial charge on any atom is -0.454 e. The molecule has 0 saturated carbocycles. The summed E-state index contributed by atoms with van der Waals surface area (Å²) in [4.78, 5) is 20.8. The van der Waals surface area contributed by atoms with E-state index in [4.69, 9.17) is 16.3 Å². The van der Waals surface area contributed by atoms with Crippen molar-refractivity contribution in [3.8, 4) is 11.5 Å². The van der Waals surface area contributed by atoms with Gasteiger partial charge in [-0.05, 0) is 56.3 Å². The van der Waals surface area contributed by atoms with E-state index in [1.165, 1.54) is 6.33 Å². The number of nitrogens with one attached hydrogen (secondary N) is 2. The smallest absolute Gasteiger partial charge is 0.222 e. The van der Waals surface area contributed by atoms with E-state index in [2.05, 4.69) is 25.7 Å². The molecule has 1 aromatic carbocycles. The third-order valence-corrected chi connectivity index (χ3v) is 5.90. The van der Waals surface area contributed by atoms with Crippen LogP contribution in [0.5, 0.6) is 11.5 Å². The number of carbonyl (C=O) groups excluding carboxylic acids is 1. The average Bonchev–Trinajstić information content (AvgIpc) is 3.47. The van der Waals surface area contributed by atoms with Gasteiger partial charge >= 0.3 is 0 Å². The van der Waals surface area contributed by atoms with E-state index in [0.717, 1.165) is 22.2 Å². The van der Waals surface area contributed by atoms with Gasteiger partial charge in [0, 0.05) is 31.2 Å². The zero-order chi connectivity index (χ0) is 26.0. The normalized spacial score (nSPS) is 11.7. The lowest BCUT2D eigenvalue weighted by atomic mass is 10.1. The van der Waals surface area contributed by atoms with Gasteiger partial charge in [-0.1, -0.05) is 11.6 Å². The van der Waals surface area contributed by atoms with Gasteiger partial charge in [-0.2, -0.15) is 5.10 Å². The Kier molecular flexibility index (Phi) is 6.68. The van der Waals surface area contributed by atoms with E-state index in [1.54, 1.807) is 42.9 Å². The van der Waals surface area contributed by atoms with E-state index < -0.39 is 5.60 Å². The van der Waals surface area contributed by atoms with Crippen molar-refractivity contribution in [2.75, 3.05) is 11.9 Å². The van der Waals surface area contributed by atoms with Crippen LogP contribution in [0.4, 0.5) is 11.5 Å². The van der Waals surface area contributed by atoms with Crippen molar-refractivity contribution in [3.05, 3.63) is 72.4 Å². The fourth-order valence-corrected chi connectivity index (χ4v) is 4.18. The first kappa shape index (κ1) is 24.5. The summed E-state index contributed by atoms with van der Waals surface area (Å²) in [5.41, 5.74) is 2.20. The maximum Gasteiger partial charge on any atom is 0.222 e. The number of aliphatic hydroxyl groups is 1. The lowest BCUT2D eigenvalue weighted by Gasteiger charge is -2.16. The molecule has 1 amide bonds. The fraction of sp³-hybridized carbons (Fsp3) is 0.231. The van der Waals surface area contributed by atoms with E-state index in [9.17, 15) is 9.90 Å². The van der Waals surface area contributed by atoms with Gasteiger partial charge in [-0.25, -0.2) is 14.5 Å². The molecular formula is C26H26ClN7O3. The number of aromatic nitrogens is 5. The molecule has 0 aliphatic rings. The molecule has 4 aromatic heterocycles. The number of hydrogen-bond donors (Lipinski definition) is 3. The molecule has 0 spiro atoms. The maximum absolute atomic E-state index is 12.0. The topological polar surface area (TPSA) is 119 Å². The quantitative estimate of drug-likeness (QED) is 0.261. The highest BCUT2D eigenvalue weighted by Gasteiger charge is 2.18. The molecule has 37 heavy (non-hydrogen) atoms. The molecule has 0 bridgehead atoms. The Hall–Kier alpha value is -4.15. The number of carbonyl (C=O) groups is 1. The zero-order valence-electron chi connectivity index (χ0n) is 20.3. The third kappa shape index (κ3) is 5.82. The van der Waals surface area contributed by atoms with E-state index >= 15 is 0 Å². The van der Waals surface area contributed by atoms with Crippen molar-refractivity contribution < 1.29 is 14.6 Å². The molecule has 0 saturated heterocycles. The Bertz CT molecular complexity index is 1570. The molecule has 11 heteroatoms. The highest BCUT2D eigenvalue weighted by Crippen LogP contribution is 2.33. The van der Waals surface area contributed by atoms with Gasteiger partial charge in [0.15, 0.2) is 5.82 Å². The number of fused-ring (bicyclic) bond motifs is 2. The largest absolute Gasteiger partial charge is 0.454 e. The first-order valence-electron chi connectivity index (χ1n) is 11.7. The van der Waals surface area contributed by atoms with Crippen LogP contribution in [0.15, 0.2) is 67.4 Å². The van der Waals surface area contributed by atoms with Gasteiger partial charge in [0.1, 0.15) is 23.3 Å². The van der Waals surface area contributed by atoms with E-state index in [1.807, 2.05) is 41.1 Å². The highest BCUT2D eigenvalue weighted by atomic mass is 35.5. The molecule has 5 aromatic rings. The zero-order valence-corrected chi connectivity index (χ0v) is 21.1. The number of ether oxygens (including phenoxy) is 1. The minimum absolute atomic E-state index is 0.0354. The molecule has 10 nitrogen and oxygen atoms in total. The predicted molar refractivity (Wildman–Crippen MR) is 141 cm³/mol. The average molecular weight is 520 g/mol. The first-order chi connectivity index (χ1) is 17.7. The van der Waals surface area contributed by atoms with Crippen molar-refractivity contribution in [2.45, 2.75) is 32.4 Å². The molecule has 5 rings (SSSR count). The molecule has 0 aliphatic heterocycles. The molecule has 0 unspecified atom stereocenters. The van der Waals surface area contributed by atoms with Gasteiger partial charge in [0.05, 0.1) is 34.3 Å². The van der Waals surface area contributed by atoms with Gasteiger partial charge in [-0.3, -0.25) is 4.79 Å². The summed E-state index contributed by atoms with van der Waals surface area (Å²) in [5.74, 6) is 1.52. The number of hydrogen-bond acceptors (Lipinski definition) is 7. The van der Waals surface area contributed by atoms with Crippen LogP contribution < -0.4 is 15.4 Å². The molecule has 4 heterocycles. The van der Waals surface area contributed by atoms with Gasteiger partial charge < -0.3 is 25.0 Å².